The summed E-state index contributed by atoms with van der Waals surface area (Å²) in [5.41, 5.74) is 3.26. The third-order valence-corrected chi connectivity index (χ3v) is 6.21. The number of rotatable bonds is 8. The van der Waals surface area contributed by atoms with E-state index < -0.39 is 0 Å². The van der Waals surface area contributed by atoms with Gasteiger partial charge in [-0.15, -0.1) is 10.2 Å². The predicted molar refractivity (Wildman–Crippen MR) is 138 cm³/mol. The van der Waals surface area contributed by atoms with Crippen molar-refractivity contribution >= 4 is 29.3 Å². The molecule has 0 atom stereocenters. The second-order valence-electron chi connectivity index (χ2n) is 9.39. The quantitative estimate of drug-likeness (QED) is 0.437. The molecule has 0 aliphatic heterocycles. The third-order valence-electron chi connectivity index (χ3n) is 5.24. The minimum Gasteiger partial charge on any atom is -0.350 e. The zero-order chi connectivity index (χ0) is 24.9. The molecule has 0 saturated heterocycles. The topological polar surface area (TPSA) is 88.9 Å². The van der Waals surface area contributed by atoms with Crippen LogP contribution in [0.3, 0.4) is 0 Å². The van der Waals surface area contributed by atoms with Gasteiger partial charge in [0, 0.05) is 18.2 Å². The summed E-state index contributed by atoms with van der Waals surface area (Å²) in [6.45, 7) is 13.1. The Morgan fingerprint density at radius 3 is 2.32 bits per heavy atom. The second kappa shape index (κ2) is 10.9. The van der Waals surface area contributed by atoms with Crippen LogP contribution in [-0.2, 0) is 16.8 Å². The van der Waals surface area contributed by atoms with Gasteiger partial charge in [0.25, 0.3) is 5.91 Å². The molecule has 0 bridgehead atoms. The number of carbonyl (C=O) groups excluding carboxylic acids is 2. The SMILES string of the molecule is CCn1c(SCC(=O)Nc2ccccc2C(=O)NC(C)C)nnc1-c1ccc(C(C)(C)C)cc1. The zero-order valence-corrected chi connectivity index (χ0v) is 21.5. The van der Waals surface area contributed by atoms with Gasteiger partial charge in [-0.3, -0.25) is 9.59 Å². The summed E-state index contributed by atoms with van der Waals surface area (Å²) < 4.78 is 2.01. The van der Waals surface area contributed by atoms with Crippen molar-refractivity contribution in [2.75, 3.05) is 11.1 Å². The molecule has 0 radical (unpaired) electrons. The summed E-state index contributed by atoms with van der Waals surface area (Å²) in [6.07, 6.45) is 0. The van der Waals surface area contributed by atoms with Gasteiger partial charge in [0.05, 0.1) is 17.0 Å². The molecule has 0 aliphatic rings. The molecule has 8 heteroatoms. The molecule has 3 rings (SSSR count). The van der Waals surface area contributed by atoms with Gasteiger partial charge in [0.2, 0.25) is 5.91 Å². The van der Waals surface area contributed by atoms with Crippen LogP contribution in [0.2, 0.25) is 0 Å². The number of thioether (sulfide) groups is 1. The van der Waals surface area contributed by atoms with Gasteiger partial charge in [0.15, 0.2) is 11.0 Å². The molecule has 1 heterocycles. The maximum Gasteiger partial charge on any atom is 0.253 e. The molecular formula is C26H33N5O2S. The monoisotopic (exact) mass is 479 g/mol. The highest BCUT2D eigenvalue weighted by atomic mass is 32.2. The Hall–Kier alpha value is -3.13. The minimum atomic E-state index is -0.216. The molecule has 2 amide bonds. The lowest BCUT2D eigenvalue weighted by atomic mass is 9.87. The fraction of sp³-hybridized carbons (Fsp3) is 0.385. The third kappa shape index (κ3) is 6.26. The Morgan fingerprint density at radius 2 is 1.71 bits per heavy atom. The number of amides is 2. The van der Waals surface area contributed by atoms with E-state index in [1.54, 1.807) is 24.3 Å². The van der Waals surface area contributed by atoms with Crippen molar-refractivity contribution in [3.8, 4) is 11.4 Å². The number of hydrogen-bond donors (Lipinski definition) is 2. The van der Waals surface area contributed by atoms with E-state index in [0.717, 1.165) is 11.4 Å². The molecule has 34 heavy (non-hydrogen) atoms. The number of nitrogens with zero attached hydrogens (tertiary/aromatic N) is 3. The summed E-state index contributed by atoms with van der Waals surface area (Å²) in [5.74, 6) is 0.505. The van der Waals surface area contributed by atoms with Crippen molar-refractivity contribution in [1.29, 1.82) is 0 Å². The Kier molecular flexibility index (Phi) is 8.15. The number of nitrogens with one attached hydrogen (secondary N) is 2. The van der Waals surface area contributed by atoms with Crippen LogP contribution >= 0.6 is 11.8 Å². The van der Waals surface area contributed by atoms with Crippen LogP contribution in [0, 0.1) is 0 Å². The lowest BCUT2D eigenvalue weighted by Gasteiger charge is -2.19. The van der Waals surface area contributed by atoms with Crippen molar-refractivity contribution in [1.82, 2.24) is 20.1 Å². The van der Waals surface area contributed by atoms with E-state index in [0.29, 0.717) is 23.0 Å². The average molecular weight is 480 g/mol. The van der Waals surface area contributed by atoms with Crippen LogP contribution in [-0.4, -0.2) is 38.4 Å². The zero-order valence-electron chi connectivity index (χ0n) is 20.7. The van der Waals surface area contributed by atoms with Gasteiger partial charge in [-0.2, -0.15) is 0 Å². The van der Waals surface area contributed by atoms with Crippen LogP contribution in [0.4, 0.5) is 5.69 Å². The molecule has 3 aromatic rings. The molecule has 0 spiro atoms. The normalized spacial score (nSPS) is 11.5. The first kappa shape index (κ1) is 25.5. The van der Waals surface area contributed by atoms with Crippen molar-refractivity contribution in [2.24, 2.45) is 0 Å². The van der Waals surface area contributed by atoms with Crippen LogP contribution in [0.1, 0.15) is 57.5 Å². The van der Waals surface area contributed by atoms with E-state index in [2.05, 4.69) is 65.9 Å². The summed E-state index contributed by atoms with van der Waals surface area (Å²) in [6, 6.07) is 15.4. The summed E-state index contributed by atoms with van der Waals surface area (Å²) >= 11 is 1.32. The molecule has 2 aromatic carbocycles. The molecule has 180 valence electrons. The van der Waals surface area contributed by atoms with Gasteiger partial charge in [-0.1, -0.05) is 68.9 Å². The lowest BCUT2D eigenvalue weighted by molar-refractivity contribution is -0.113. The summed E-state index contributed by atoms with van der Waals surface area (Å²) in [5, 5.41) is 15.1. The first-order valence-electron chi connectivity index (χ1n) is 11.5. The molecule has 7 nitrogen and oxygen atoms in total. The number of anilines is 1. The van der Waals surface area contributed by atoms with E-state index in [-0.39, 0.29) is 29.0 Å². The van der Waals surface area contributed by atoms with Gasteiger partial charge in [0.1, 0.15) is 0 Å². The number of hydrogen-bond acceptors (Lipinski definition) is 5. The molecule has 0 saturated carbocycles. The minimum absolute atomic E-state index is 0.00563. The first-order chi connectivity index (χ1) is 16.1. The second-order valence-corrected chi connectivity index (χ2v) is 10.3. The van der Waals surface area contributed by atoms with Crippen LogP contribution in [0.5, 0.6) is 0 Å². The Balaban J connectivity index is 1.70. The number of benzene rings is 2. The highest BCUT2D eigenvalue weighted by molar-refractivity contribution is 7.99. The Morgan fingerprint density at radius 1 is 1.03 bits per heavy atom. The fourth-order valence-electron chi connectivity index (χ4n) is 3.46. The van der Waals surface area contributed by atoms with Crippen LogP contribution in [0.15, 0.2) is 53.7 Å². The first-order valence-corrected chi connectivity index (χ1v) is 12.5. The number of aromatic nitrogens is 3. The highest BCUT2D eigenvalue weighted by Crippen LogP contribution is 2.28. The Bertz CT molecular complexity index is 1150. The summed E-state index contributed by atoms with van der Waals surface area (Å²) in [7, 11) is 0. The largest absolute Gasteiger partial charge is 0.350 e. The van der Waals surface area contributed by atoms with Gasteiger partial charge >= 0.3 is 0 Å². The highest BCUT2D eigenvalue weighted by Gasteiger charge is 2.18. The standard InChI is InChI=1S/C26H33N5O2S/c1-7-31-23(18-12-14-19(15-13-18)26(4,5)6)29-30-25(31)34-16-22(32)28-21-11-9-8-10-20(21)24(33)27-17(2)3/h8-15,17H,7,16H2,1-6H3,(H,27,33)(H,28,32). The summed E-state index contributed by atoms with van der Waals surface area (Å²) in [4.78, 5) is 25.1. The van der Waals surface area contributed by atoms with Crippen molar-refractivity contribution in [3.05, 3.63) is 59.7 Å². The molecular weight excluding hydrogens is 446 g/mol. The predicted octanol–water partition coefficient (Wildman–Crippen LogP) is 5.13. The van der Waals surface area contributed by atoms with E-state index >= 15 is 0 Å². The Labute approximate surface area is 205 Å². The van der Waals surface area contributed by atoms with E-state index in [1.165, 1.54) is 17.3 Å². The van der Waals surface area contributed by atoms with Gasteiger partial charge in [-0.05, 0) is 43.9 Å². The van der Waals surface area contributed by atoms with E-state index in [1.807, 2.05) is 25.3 Å². The van der Waals surface area contributed by atoms with Gasteiger partial charge < -0.3 is 15.2 Å². The van der Waals surface area contributed by atoms with Gasteiger partial charge in [-0.25, -0.2) is 0 Å². The van der Waals surface area contributed by atoms with Crippen molar-refractivity contribution in [3.63, 3.8) is 0 Å². The van der Waals surface area contributed by atoms with Crippen molar-refractivity contribution < 1.29 is 9.59 Å². The molecule has 0 unspecified atom stereocenters. The maximum atomic E-state index is 12.7. The average Bonchev–Trinajstić information content (AvgIpc) is 3.20. The number of carbonyl (C=O) groups is 2. The smallest absolute Gasteiger partial charge is 0.253 e. The molecule has 2 N–H and O–H groups in total. The van der Waals surface area contributed by atoms with E-state index in [9.17, 15) is 9.59 Å². The van der Waals surface area contributed by atoms with E-state index in [4.69, 9.17) is 0 Å². The lowest BCUT2D eigenvalue weighted by Crippen LogP contribution is -2.31. The number of para-hydroxylation sites is 1. The molecule has 1 aromatic heterocycles. The maximum absolute atomic E-state index is 12.7. The van der Waals surface area contributed by atoms with Crippen LogP contribution < -0.4 is 10.6 Å². The molecule has 0 aliphatic carbocycles. The molecule has 0 fully saturated rings. The van der Waals surface area contributed by atoms with Crippen molar-refractivity contribution in [2.45, 2.75) is 64.7 Å². The fourth-order valence-corrected chi connectivity index (χ4v) is 4.26. The van der Waals surface area contributed by atoms with Crippen LogP contribution in [0.25, 0.3) is 11.4 Å².